The van der Waals surface area contributed by atoms with E-state index in [1.807, 2.05) is 0 Å². The fourth-order valence-corrected chi connectivity index (χ4v) is 4.42. The van der Waals surface area contributed by atoms with Gasteiger partial charge in [-0.25, -0.2) is 0 Å². The zero-order valence-corrected chi connectivity index (χ0v) is 12.3. The lowest BCUT2D eigenvalue weighted by atomic mass is 9.55. The Morgan fingerprint density at radius 2 is 1.84 bits per heavy atom. The Kier molecular flexibility index (Phi) is 4.03. The molecule has 4 fully saturated rings. The normalized spacial score (nSPS) is 35.3. The summed E-state index contributed by atoms with van der Waals surface area (Å²) in [6.07, 6.45) is 6.91. The molecule has 19 heavy (non-hydrogen) atoms. The third-order valence-corrected chi connectivity index (χ3v) is 5.09. The topological polar surface area (TPSA) is 45.6 Å². The highest BCUT2D eigenvalue weighted by Crippen LogP contribution is 2.52. The fourth-order valence-electron chi connectivity index (χ4n) is 4.27. The minimum absolute atomic E-state index is 0.610. The van der Waals surface area contributed by atoms with E-state index in [1.165, 1.54) is 37.8 Å². The molecule has 0 atom stereocenters. The molecule has 4 aliphatic rings. The number of hydrogen-bond donors (Lipinski definition) is 2. The second kappa shape index (κ2) is 5.75. The number of thiocarbonyl (C=S) groups is 1. The molecule has 4 saturated carbocycles. The summed E-state index contributed by atoms with van der Waals surface area (Å²) >= 11 is 5.21. The average molecular weight is 281 g/mol. The van der Waals surface area contributed by atoms with Gasteiger partial charge in [-0.15, -0.1) is 0 Å². The van der Waals surface area contributed by atoms with Gasteiger partial charge in [0.1, 0.15) is 0 Å². The first-order chi connectivity index (χ1) is 9.26. The first-order valence-electron chi connectivity index (χ1n) is 7.36. The molecule has 0 heterocycles. The molecule has 0 unspecified atom stereocenters. The van der Waals surface area contributed by atoms with E-state index in [4.69, 9.17) is 17.0 Å². The van der Waals surface area contributed by atoms with Crippen molar-refractivity contribution in [1.29, 1.82) is 0 Å². The smallest absolute Gasteiger partial charge is 0.187 e. The summed E-state index contributed by atoms with van der Waals surface area (Å²) in [7, 11) is 1.69. The maximum Gasteiger partial charge on any atom is 0.187 e. The van der Waals surface area contributed by atoms with Crippen LogP contribution in [0.25, 0.3) is 0 Å². The van der Waals surface area contributed by atoms with Crippen molar-refractivity contribution in [1.82, 2.24) is 10.7 Å². The first kappa shape index (κ1) is 13.3. The maximum absolute atomic E-state index is 5.21. The second-order valence-electron chi connectivity index (χ2n) is 6.20. The van der Waals surface area contributed by atoms with Gasteiger partial charge in [0, 0.05) is 19.4 Å². The fraction of sp³-hybridized carbons (Fsp3) is 0.857. The van der Waals surface area contributed by atoms with Crippen molar-refractivity contribution in [2.45, 2.75) is 32.1 Å². The van der Waals surface area contributed by atoms with Crippen LogP contribution in [0.15, 0.2) is 5.10 Å². The van der Waals surface area contributed by atoms with E-state index in [0.717, 1.165) is 30.2 Å². The number of hydrogen-bond acceptors (Lipinski definition) is 3. The van der Waals surface area contributed by atoms with Gasteiger partial charge in [0.25, 0.3) is 0 Å². The molecule has 4 rings (SSSR count). The SMILES string of the molecule is COCCNC(=S)NN=C1C2CC3CC(C2)CC1C3. The van der Waals surface area contributed by atoms with Crippen LogP contribution in [0.1, 0.15) is 32.1 Å². The Balaban J connectivity index is 1.54. The van der Waals surface area contributed by atoms with Crippen LogP contribution in [0.2, 0.25) is 0 Å². The lowest BCUT2D eigenvalue weighted by Gasteiger charge is -2.50. The Hall–Kier alpha value is -0.680. The van der Waals surface area contributed by atoms with E-state index in [9.17, 15) is 0 Å². The van der Waals surface area contributed by atoms with Gasteiger partial charge in [0.2, 0.25) is 0 Å². The summed E-state index contributed by atoms with van der Waals surface area (Å²) in [5.41, 5.74) is 4.41. The van der Waals surface area contributed by atoms with E-state index in [0.29, 0.717) is 11.7 Å². The van der Waals surface area contributed by atoms with E-state index < -0.39 is 0 Å². The molecule has 0 aliphatic heterocycles. The van der Waals surface area contributed by atoms with Crippen LogP contribution in [0, 0.1) is 23.7 Å². The molecule has 2 N–H and O–H groups in total. The highest BCUT2D eigenvalue weighted by atomic mass is 32.1. The van der Waals surface area contributed by atoms with E-state index in [1.54, 1.807) is 7.11 Å². The first-order valence-corrected chi connectivity index (χ1v) is 7.77. The highest BCUT2D eigenvalue weighted by molar-refractivity contribution is 7.80. The standard InChI is InChI=1S/C14H23N3OS/c1-18-3-2-15-14(19)17-16-13-11-5-9-4-10(7-11)8-12(13)6-9/h9-12H,2-8H2,1H3,(H2,15,17,19). The molecule has 0 saturated heterocycles. The van der Waals surface area contributed by atoms with Gasteiger partial charge in [0.05, 0.1) is 6.61 Å². The Morgan fingerprint density at radius 1 is 1.21 bits per heavy atom. The average Bonchev–Trinajstić information content (AvgIpc) is 2.37. The van der Waals surface area contributed by atoms with Crippen LogP contribution in [-0.4, -0.2) is 31.1 Å². The van der Waals surface area contributed by atoms with Crippen molar-refractivity contribution in [2.24, 2.45) is 28.8 Å². The van der Waals surface area contributed by atoms with E-state index in [-0.39, 0.29) is 0 Å². The van der Waals surface area contributed by atoms with Crippen LogP contribution in [0.5, 0.6) is 0 Å². The molecule has 4 bridgehead atoms. The number of nitrogens with one attached hydrogen (secondary N) is 2. The monoisotopic (exact) mass is 281 g/mol. The van der Waals surface area contributed by atoms with Crippen molar-refractivity contribution in [2.75, 3.05) is 20.3 Å². The number of ether oxygens (including phenoxy) is 1. The van der Waals surface area contributed by atoms with Crippen LogP contribution in [0.4, 0.5) is 0 Å². The van der Waals surface area contributed by atoms with Crippen LogP contribution >= 0.6 is 12.2 Å². The second-order valence-corrected chi connectivity index (χ2v) is 6.61. The summed E-state index contributed by atoms with van der Waals surface area (Å²) in [6, 6.07) is 0. The largest absolute Gasteiger partial charge is 0.383 e. The third-order valence-electron chi connectivity index (χ3n) is 4.85. The van der Waals surface area contributed by atoms with E-state index >= 15 is 0 Å². The van der Waals surface area contributed by atoms with Crippen LogP contribution in [0.3, 0.4) is 0 Å². The predicted molar refractivity (Wildman–Crippen MR) is 80.1 cm³/mol. The number of rotatable bonds is 4. The molecular weight excluding hydrogens is 258 g/mol. The summed E-state index contributed by atoms with van der Waals surface area (Å²) in [6.45, 7) is 1.39. The predicted octanol–water partition coefficient (Wildman–Crippen LogP) is 1.91. The lowest BCUT2D eigenvalue weighted by molar-refractivity contribution is 0.108. The van der Waals surface area contributed by atoms with Crippen LogP contribution in [-0.2, 0) is 4.74 Å². The molecule has 4 nitrogen and oxygen atoms in total. The molecule has 0 aromatic heterocycles. The van der Waals surface area contributed by atoms with Crippen molar-refractivity contribution >= 4 is 23.0 Å². The van der Waals surface area contributed by atoms with Crippen molar-refractivity contribution in [3.63, 3.8) is 0 Å². The molecule has 0 spiro atoms. The molecule has 0 aromatic carbocycles. The van der Waals surface area contributed by atoms with Gasteiger partial charge in [-0.1, -0.05) is 0 Å². The van der Waals surface area contributed by atoms with Gasteiger partial charge < -0.3 is 10.1 Å². The minimum Gasteiger partial charge on any atom is -0.383 e. The summed E-state index contributed by atoms with van der Waals surface area (Å²) in [4.78, 5) is 0. The molecule has 0 aromatic rings. The molecular formula is C14H23N3OS. The number of nitrogens with zero attached hydrogens (tertiary/aromatic N) is 1. The third kappa shape index (κ3) is 2.92. The number of hydrazone groups is 1. The Labute approximate surface area is 120 Å². The summed E-state index contributed by atoms with van der Waals surface area (Å²) in [5.74, 6) is 3.41. The quantitative estimate of drug-likeness (QED) is 0.469. The lowest BCUT2D eigenvalue weighted by Crippen LogP contribution is -2.47. The van der Waals surface area contributed by atoms with Crippen molar-refractivity contribution in [3.05, 3.63) is 0 Å². The van der Waals surface area contributed by atoms with Gasteiger partial charge in [-0.2, -0.15) is 5.10 Å². The maximum atomic E-state index is 5.21. The zero-order valence-electron chi connectivity index (χ0n) is 11.5. The van der Waals surface area contributed by atoms with Gasteiger partial charge in [-0.05, 0) is 68.0 Å². The Morgan fingerprint density at radius 3 is 2.42 bits per heavy atom. The van der Waals surface area contributed by atoms with Gasteiger partial charge in [-0.3, -0.25) is 5.43 Å². The van der Waals surface area contributed by atoms with Gasteiger partial charge >= 0.3 is 0 Å². The van der Waals surface area contributed by atoms with Crippen molar-refractivity contribution in [3.8, 4) is 0 Å². The van der Waals surface area contributed by atoms with Crippen molar-refractivity contribution < 1.29 is 4.74 Å². The molecule has 0 amide bonds. The van der Waals surface area contributed by atoms with Gasteiger partial charge in [0.15, 0.2) is 5.11 Å². The molecule has 106 valence electrons. The minimum atomic E-state index is 0.610. The van der Waals surface area contributed by atoms with Crippen LogP contribution < -0.4 is 10.7 Å². The molecule has 5 heteroatoms. The van der Waals surface area contributed by atoms with E-state index in [2.05, 4.69) is 15.8 Å². The summed E-state index contributed by atoms with van der Waals surface area (Å²) in [5, 5.41) is 8.33. The highest BCUT2D eigenvalue weighted by Gasteiger charge is 2.46. The zero-order chi connectivity index (χ0) is 13.2. The molecule has 4 aliphatic carbocycles. The Bertz CT molecular complexity index is 353. The summed E-state index contributed by atoms with van der Waals surface area (Å²) < 4.78 is 4.98. The number of methoxy groups -OCH3 is 1. The molecule has 0 radical (unpaired) electrons.